The van der Waals surface area contributed by atoms with Gasteiger partial charge in [0.25, 0.3) is 0 Å². The molecule has 1 atom stereocenters. The first-order chi connectivity index (χ1) is 14.4. The van der Waals surface area contributed by atoms with Gasteiger partial charge in [-0.2, -0.15) is 0 Å². The summed E-state index contributed by atoms with van der Waals surface area (Å²) < 4.78 is 42.9. The molecule has 0 bridgehead atoms. The van der Waals surface area contributed by atoms with Crippen molar-refractivity contribution in [3.05, 3.63) is 78.4 Å². The van der Waals surface area contributed by atoms with Gasteiger partial charge in [-0.15, -0.1) is 13.2 Å². The molecule has 3 nitrogen and oxygen atoms in total. The summed E-state index contributed by atoms with van der Waals surface area (Å²) in [6, 6.07) is 12.9. The van der Waals surface area contributed by atoms with Gasteiger partial charge in [0.1, 0.15) is 5.75 Å². The average molecular weight is 410 g/mol. The highest BCUT2D eigenvalue weighted by molar-refractivity contribution is 6.11. The number of aryl methyl sites for hydroxylation is 1. The second-order valence-electron chi connectivity index (χ2n) is 7.39. The van der Waals surface area contributed by atoms with Crippen LogP contribution in [0.5, 0.6) is 5.75 Å². The minimum absolute atomic E-state index is 0.114. The SMILES string of the molecule is C[C@@H]1CCCc2ccc3c(cc(OC(F)(F)F)c4ccccc43)c21.c1cnccn1. The van der Waals surface area contributed by atoms with Gasteiger partial charge < -0.3 is 4.74 Å². The largest absolute Gasteiger partial charge is 0.573 e. The number of benzene rings is 3. The van der Waals surface area contributed by atoms with Gasteiger partial charge in [0.15, 0.2) is 0 Å². The van der Waals surface area contributed by atoms with Crippen LogP contribution in [0.2, 0.25) is 0 Å². The Morgan fingerprint density at radius 3 is 2.13 bits per heavy atom. The number of rotatable bonds is 1. The van der Waals surface area contributed by atoms with Gasteiger partial charge in [-0.25, -0.2) is 0 Å². The summed E-state index contributed by atoms with van der Waals surface area (Å²) in [6.45, 7) is 2.15. The third-order valence-corrected chi connectivity index (χ3v) is 5.41. The van der Waals surface area contributed by atoms with E-state index in [1.807, 2.05) is 18.2 Å². The van der Waals surface area contributed by atoms with E-state index >= 15 is 0 Å². The second kappa shape index (κ2) is 8.30. The fourth-order valence-electron chi connectivity index (χ4n) is 4.22. The lowest BCUT2D eigenvalue weighted by Gasteiger charge is -2.25. The molecule has 0 spiro atoms. The highest BCUT2D eigenvalue weighted by Gasteiger charge is 2.32. The molecule has 0 fully saturated rings. The van der Waals surface area contributed by atoms with Gasteiger partial charge in [-0.3, -0.25) is 9.97 Å². The van der Waals surface area contributed by atoms with Gasteiger partial charge in [0.05, 0.1) is 0 Å². The van der Waals surface area contributed by atoms with Crippen LogP contribution in [0.15, 0.2) is 67.3 Å². The molecule has 1 aliphatic carbocycles. The molecule has 0 saturated heterocycles. The van der Waals surface area contributed by atoms with E-state index in [9.17, 15) is 13.2 Å². The predicted octanol–water partition coefficient (Wildman–Crippen LogP) is 6.81. The van der Waals surface area contributed by atoms with Crippen LogP contribution >= 0.6 is 0 Å². The van der Waals surface area contributed by atoms with Crippen molar-refractivity contribution in [2.24, 2.45) is 0 Å². The quantitative estimate of drug-likeness (QED) is 0.323. The van der Waals surface area contributed by atoms with Crippen molar-refractivity contribution in [3.8, 4) is 5.75 Å². The third kappa shape index (κ3) is 4.22. The zero-order valence-corrected chi connectivity index (χ0v) is 16.5. The van der Waals surface area contributed by atoms with Gasteiger partial charge >= 0.3 is 6.36 Å². The van der Waals surface area contributed by atoms with Gasteiger partial charge in [0.2, 0.25) is 0 Å². The first-order valence-electron chi connectivity index (χ1n) is 9.87. The summed E-state index contributed by atoms with van der Waals surface area (Å²) >= 11 is 0. The van der Waals surface area contributed by atoms with Crippen LogP contribution in [0.1, 0.15) is 36.8 Å². The van der Waals surface area contributed by atoms with Crippen molar-refractivity contribution in [3.63, 3.8) is 0 Å². The number of ether oxygens (including phenoxy) is 1. The minimum Gasteiger partial charge on any atom is -0.405 e. The van der Waals surface area contributed by atoms with Crippen molar-refractivity contribution < 1.29 is 17.9 Å². The summed E-state index contributed by atoms with van der Waals surface area (Å²) in [6.07, 6.45) is 5.03. The maximum atomic E-state index is 12.9. The van der Waals surface area contributed by atoms with Gasteiger partial charge in [-0.05, 0) is 58.5 Å². The van der Waals surface area contributed by atoms with Crippen LogP contribution in [-0.2, 0) is 6.42 Å². The minimum atomic E-state index is -4.70. The summed E-state index contributed by atoms with van der Waals surface area (Å²) in [4.78, 5) is 7.44. The Hall–Kier alpha value is -3.15. The van der Waals surface area contributed by atoms with Gasteiger partial charge in [-0.1, -0.05) is 43.3 Å². The highest BCUT2D eigenvalue weighted by Crippen LogP contribution is 2.42. The summed E-state index contributed by atoms with van der Waals surface area (Å²) in [5, 5.41) is 3.17. The van der Waals surface area contributed by atoms with E-state index in [4.69, 9.17) is 0 Å². The van der Waals surface area contributed by atoms with E-state index in [-0.39, 0.29) is 5.75 Å². The molecule has 0 saturated carbocycles. The maximum absolute atomic E-state index is 12.9. The Labute approximate surface area is 172 Å². The smallest absolute Gasteiger partial charge is 0.405 e. The van der Waals surface area contributed by atoms with Crippen LogP contribution in [0.3, 0.4) is 0 Å². The lowest BCUT2D eigenvalue weighted by Crippen LogP contribution is -2.17. The maximum Gasteiger partial charge on any atom is 0.573 e. The van der Waals surface area contributed by atoms with E-state index < -0.39 is 6.36 Å². The number of hydrogen-bond donors (Lipinski definition) is 0. The van der Waals surface area contributed by atoms with E-state index in [1.54, 1.807) is 43.0 Å². The molecule has 4 aromatic rings. The van der Waals surface area contributed by atoms with Crippen LogP contribution in [0.25, 0.3) is 21.5 Å². The van der Waals surface area contributed by atoms with Crippen molar-refractivity contribution in [1.29, 1.82) is 0 Å². The molecule has 5 rings (SSSR count). The molecule has 154 valence electrons. The zero-order chi connectivity index (χ0) is 21.1. The molecule has 0 amide bonds. The number of alkyl halides is 3. The molecule has 0 unspecified atom stereocenters. The fourth-order valence-corrected chi connectivity index (χ4v) is 4.22. The molecule has 0 N–H and O–H groups in total. The van der Waals surface area contributed by atoms with Crippen molar-refractivity contribution in [2.45, 2.75) is 38.5 Å². The molecule has 0 radical (unpaired) electrons. The standard InChI is InChI=1S/C20H17F3O.C4H4N2/c1-12-5-4-6-13-9-10-15-14-7-2-3-8-16(14)18(24-20(21,22)23)11-17(15)19(12)13;1-2-6-4-3-5-1/h2-3,7-12H,4-6H2,1H3;1-4H/t12-;/m1./s1. The van der Waals surface area contributed by atoms with Crippen LogP contribution < -0.4 is 4.74 Å². The first kappa shape index (κ1) is 20.1. The predicted molar refractivity (Wildman–Crippen MR) is 112 cm³/mol. The van der Waals surface area contributed by atoms with Gasteiger partial charge in [0, 0.05) is 30.2 Å². The second-order valence-corrected chi connectivity index (χ2v) is 7.39. The number of halogens is 3. The molecule has 0 aliphatic heterocycles. The molecular formula is C24H21F3N2O. The first-order valence-corrected chi connectivity index (χ1v) is 9.87. The highest BCUT2D eigenvalue weighted by atomic mass is 19.4. The van der Waals surface area contributed by atoms with Crippen molar-refractivity contribution in [2.75, 3.05) is 0 Å². The Balaban J connectivity index is 0.000000313. The zero-order valence-electron chi connectivity index (χ0n) is 16.5. The van der Waals surface area contributed by atoms with E-state index in [0.717, 1.165) is 35.4 Å². The topological polar surface area (TPSA) is 35.0 Å². The normalized spacial score (nSPS) is 15.9. The van der Waals surface area contributed by atoms with Crippen molar-refractivity contribution in [1.82, 2.24) is 9.97 Å². The molecule has 3 aromatic carbocycles. The van der Waals surface area contributed by atoms with E-state index in [1.165, 1.54) is 11.1 Å². The van der Waals surface area contributed by atoms with Crippen LogP contribution in [0.4, 0.5) is 13.2 Å². The number of aromatic nitrogens is 2. The lowest BCUT2D eigenvalue weighted by atomic mass is 9.80. The number of fused-ring (bicyclic) bond motifs is 5. The molecule has 30 heavy (non-hydrogen) atoms. The number of nitrogens with zero attached hydrogens (tertiary/aromatic N) is 2. The Morgan fingerprint density at radius 2 is 1.50 bits per heavy atom. The Kier molecular flexibility index (Phi) is 5.57. The van der Waals surface area contributed by atoms with Crippen molar-refractivity contribution >= 4 is 21.5 Å². The Bertz CT molecular complexity index is 1130. The molecule has 6 heteroatoms. The molecule has 1 aromatic heterocycles. The third-order valence-electron chi connectivity index (χ3n) is 5.41. The van der Waals surface area contributed by atoms with Crippen LogP contribution in [-0.4, -0.2) is 16.3 Å². The summed E-state index contributed by atoms with van der Waals surface area (Å²) in [5.74, 6) is 0.231. The monoisotopic (exact) mass is 410 g/mol. The molecular weight excluding hydrogens is 389 g/mol. The number of hydrogen-bond acceptors (Lipinski definition) is 3. The fraction of sp³-hybridized carbons (Fsp3) is 0.250. The lowest BCUT2D eigenvalue weighted by molar-refractivity contribution is -0.274. The molecule has 1 aliphatic rings. The van der Waals surface area contributed by atoms with E-state index in [0.29, 0.717) is 11.3 Å². The average Bonchev–Trinajstić information content (AvgIpc) is 2.74. The van der Waals surface area contributed by atoms with E-state index in [2.05, 4.69) is 27.7 Å². The summed E-state index contributed by atoms with van der Waals surface area (Å²) in [5.41, 5.74) is 2.42. The molecule has 1 heterocycles. The van der Waals surface area contributed by atoms with Crippen LogP contribution in [0, 0.1) is 0 Å². The summed E-state index contributed by atoms with van der Waals surface area (Å²) in [7, 11) is 0. The Morgan fingerprint density at radius 1 is 0.867 bits per heavy atom.